The van der Waals surface area contributed by atoms with Crippen LogP contribution in [0.3, 0.4) is 0 Å². The quantitative estimate of drug-likeness (QED) is 0.535. The molecule has 0 aliphatic carbocycles. The molecule has 0 spiro atoms. The highest BCUT2D eigenvalue weighted by Crippen LogP contribution is 2.34. The van der Waals surface area contributed by atoms with Crippen molar-refractivity contribution in [1.82, 2.24) is 15.0 Å². The van der Waals surface area contributed by atoms with Crippen LogP contribution in [0.25, 0.3) is 20.7 Å². The molecular formula is C17H13N3O3S2. The lowest BCUT2D eigenvalue weighted by atomic mass is 10.2. The van der Waals surface area contributed by atoms with Gasteiger partial charge in [0.25, 0.3) is 5.56 Å². The number of ether oxygens (including phenoxy) is 1. The van der Waals surface area contributed by atoms with Gasteiger partial charge < -0.3 is 14.7 Å². The lowest BCUT2D eigenvalue weighted by Crippen LogP contribution is -2.14. The molecule has 2 N–H and O–H groups in total. The van der Waals surface area contributed by atoms with Crippen molar-refractivity contribution in [3.63, 3.8) is 0 Å². The second-order valence-corrected chi connectivity index (χ2v) is 7.56. The summed E-state index contributed by atoms with van der Waals surface area (Å²) in [5, 5.41) is 2.51. The molecule has 0 unspecified atom stereocenters. The molecule has 0 amide bonds. The Morgan fingerprint density at radius 2 is 2.20 bits per heavy atom. The highest BCUT2D eigenvalue weighted by molar-refractivity contribution is 7.19. The average Bonchev–Trinajstić information content (AvgIpc) is 3.32. The Morgan fingerprint density at radius 3 is 2.92 bits per heavy atom. The first kappa shape index (κ1) is 15.8. The number of aromatic nitrogens is 3. The van der Waals surface area contributed by atoms with E-state index in [-0.39, 0.29) is 12.2 Å². The number of rotatable bonds is 4. The molecule has 0 atom stereocenters. The molecule has 4 rings (SSSR count). The maximum absolute atomic E-state index is 12.5. The number of nitrogens with zero attached hydrogens (tertiary/aromatic N) is 1. The summed E-state index contributed by atoms with van der Waals surface area (Å²) < 4.78 is 5.18. The molecule has 0 saturated carbocycles. The van der Waals surface area contributed by atoms with Gasteiger partial charge in [-0.15, -0.1) is 22.7 Å². The number of hydrogen-bond donors (Lipinski definition) is 2. The van der Waals surface area contributed by atoms with E-state index in [1.54, 1.807) is 29.7 Å². The van der Waals surface area contributed by atoms with Crippen LogP contribution in [0.4, 0.5) is 0 Å². The van der Waals surface area contributed by atoms with Crippen LogP contribution < -0.4 is 5.56 Å². The summed E-state index contributed by atoms with van der Waals surface area (Å²) in [5.41, 5.74) is 1.02. The van der Waals surface area contributed by atoms with Gasteiger partial charge in [0, 0.05) is 26.9 Å². The van der Waals surface area contributed by atoms with Crippen molar-refractivity contribution in [1.29, 1.82) is 0 Å². The average molecular weight is 371 g/mol. The normalized spacial score (nSPS) is 11.1. The van der Waals surface area contributed by atoms with Crippen molar-refractivity contribution in [2.75, 3.05) is 0 Å². The van der Waals surface area contributed by atoms with E-state index < -0.39 is 5.97 Å². The third-order valence-corrected chi connectivity index (χ3v) is 5.56. The van der Waals surface area contributed by atoms with Crippen LogP contribution in [-0.4, -0.2) is 20.9 Å². The number of fused-ring (bicyclic) bond motifs is 1. The van der Waals surface area contributed by atoms with Crippen LogP contribution in [-0.2, 0) is 11.3 Å². The molecule has 0 fully saturated rings. The van der Waals surface area contributed by atoms with Gasteiger partial charge in [0.05, 0.1) is 5.39 Å². The van der Waals surface area contributed by atoms with E-state index in [4.69, 9.17) is 4.74 Å². The van der Waals surface area contributed by atoms with Gasteiger partial charge in [-0.05, 0) is 31.2 Å². The summed E-state index contributed by atoms with van der Waals surface area (Å²) in [5.74, 6) is -0.165. The van der Waals surface area contributed by atoms with Crippen LogP contribution in [0, 0.1) is 6.92 Å². The van der Waals surface area contributed by atoms with E-state index in [0.29, 0.717) is 21.7 Å². The molecule has 0 aliphatic rings. The zero-order valence-corrected chi connectivity index (χ0v) is 14.8. The second kappa shape index (κ2) is 6.30. The van der Waals surface area contributed by atoms with Crippen LogP contribution in [0.2, 0.25) is 0 Å². The van der Waals surface area contributed by atoms with E-state index in [1.807, 2.05) is 24.4 Å². The summed E-state index contributed by atoms with van der Waals surface area (Å²) in [7, 11) is 0. The number of carbonyl (C=O) groups excluding carboxylic acids is 1. The van der Waals surface area contributed by atoms with Gasteiger partial charge in [0.1, 0.15) is 23.0 Å². The Balaban J connectivity index is 1.62. The fourth-order valence-corrected chi connectivity index (χ4v) is 4.41. The first-order chi connectivity index (χ1) is 12.1. The van der Waals surface area contributed by atoms with Crippen molar-refractivity contribution in [2.45, 2.75) is 13.5 Å². The predicted molar refractivity (Wildman–Crippen MR) is 98.2 cm³/mol. The molecule has 0 saturated heterocycles. The largest absolute Gasteiger partial charge is 0.453 e. The van der Waals surface area contributed by atoms with E-state index >= 15 is 0 Å². The lowest BCUT2D eigenvalue weighted by Gasteiger charge is -2.03. The number of thiophene rings is 2. The molecule has 0 bridgehead atoms. The molecule has 0 aliphatic heterocycles. The minimum absolute atomic E-state index is 0.0889. The monoisotopic (exact) mass is 371 g/mol. The van der Waals surface area contributed by atoms with E-state index in [2.05, 4.69) is 15.0 Å². The summed E-state index contributed by atoms with van der Waals surface area (Å²) in [4.78, 5) is 37.1. The minimum Gasteiger partial charge on any atom is -0.453 e. The van der Waals surface area contributed by atoms with E-state index in [1.165, 1.54) is 16.2 Å². The summed E-state index contributed by atoms with van der Waals surface area (Å²) in [6, 6.07) is 7.37. The Morgan fingerprint density at radius 1 is 1.32 bits per heavy atom. The minimum atomic E-state index is -0.492. The topological polar surface area (TPSA) is 87.8 Å². The molecule has 0 radical (unpaired) electrons. The van der Waals surface area contributed by atoms with Crippen molar-refractivity contribution >= 4 is 38.9 Å². The lowest BCUT2D eigenvalue weighted by molar-refractivity contribution is 0.0456. The molecule has 8 heteroatoms. The number of aromatic amines is 2. The highest BCUT2D eigenvalue weighted by atomic mass is 32.1. The fraction of sp³-hybridized carbons (Fsp3) is 0.118. The van der Waals surface area contributed by atoms with Gasteiger partial charge in [0.15, 0.2) is 0 Å². The third kappa shape index (κ3) is 3.01. The van der Waals surface area contributed by atoms with Crippen LogP contribution >= 0.6 is 22.7 Å². The van der Waals surface area contributed by atoms with Gasteiger partial charge in [-0.25, -0.2) is 9.78 Å². The van der Waals surface area contributed by atoms with Gasteiger partial charge in [-0.1, -0.05) is 0 Å². The number of aryl methyl sites for hydroxylation is 1. The Bertz CT molecular complexity index is 1110. The zero-order valence-electron chi connectivity index (χ0n) is 13.2. The zero-order chi connectivity index (χ0) is 17.4. The molecule has 126 valence electrons. The summed E-state index contributed by atoms with van der Waals surface area (Å²) in [6.07, 6.45) is 1.64. The van der Waals surface area contributed by atoms with Crippen LogP contribution in [0.5, 0.6) is 0 Å². The molecule has 6 nitrogen and oxygen atoms in total. The number of H-pyrrole nitrogens is 2. The molecule has 4 aromatic rings. The van der Waals surface area contributed by atoms with Crippen molar-refractivity contribution in [2.24, 2.45) is 0 Å². The summed E-state index contributed by atoms with van der Waals surface area (Å²) in [6.45, 7) is 1.94. The Labute approximate surface area is 150 Å². The number of hydrogen-bond acceptors (Lipinski definition) is 6. The number of nitrogens with one attached hydrogen (secondary N) is 2. The SMILES string of the molecule is Cc1ccc(-c2csc3nc(COC(=O)c4ccc[nH]4)[nH]c(=O)c23)s1. The number of esters is 1. The van der Waals surface area contributed by atoms with Gasteiger partial charge in [-0.3, -0.25) is 4.79 Å². The molecular weight excluding hydrogens is 358 g/mol. The van der Waals surface area contributed by atoms with Gasteiger partial charge >= 0.3 is 5.97 Å². The first-order valence-electron chi connectivity index (χ1n) is 7.49. The summed E-state index contributed by atoms with van der Waals surface area (Å²) >= 11 is 3.05. The van der Waals surface area contributed by atoms with Gasteiger partial charge in [0.2, 0.25) is 0 Å². The van der Waals surface area contributed by atoms with Crippen molar-refractivity contribution in [3.8, 4) is 10.4 Å². The Kier molecular flexibility index (Phi) is 3.98. The van der Waals surface area contributed by atoms with Crippen LogP contribution in [0.1, 0.15) is 21.2 Å². The van der Waals surface area contributed by atoms with E-state index in [0.717, 1.165) is 10.4 Å². The first-order valence-corrected chi connectivity index (χ1v) is 9.19. The highest BCUT2D eigenvalue weighted by Gasteiger charge is 2.15. The maximum atomic E-state index is 12.5. The number of carbonyl (C=O) groups is 1. The smallest absolute Gasteiger partial charge is 0.355 e. The van der Waals surface area contributed by atoms with Crippen molar-refractivity contribution in [3.05, 3.63) is 62.6 Å². The maximum Gasteiger partial charge on any atom is 0.355 e. The standard InChI is InChI=1S/C17H13N3O3S2/c1-9-4-5-12(25-9)10-8-24-16-14(10)15(21)19-13(20-16)7-23-17(22)11-3-2-6-18-11/h2-6,8,18H,7H2,1H3,(H,19,20,21). The van der Waals surface area contributed by atoms with Crippen molar-refractivity contribution < 1.29 is 9.53 Å². The van der Waals surface area contributed by atoms with Gasteiger partial charge in [-0.2, -0.15) is 0 Å². The van der Waals surface area contributed by atoms with Crippen LogP contribution in [0.15, 0.2) is 40.6 Å². The molecule has 4 heterocycles. The molecule has 25 heavy (non-hydrogen) atoms. The predicted octanol–water partition coefficient (Wildman–Crippen LogP) is 3.71. The third-order valence-electron chi connectivity index (χ3n) is 3.66. The fourth-order valence-electron chi connectivity index (χ4n) is 2.49. The Hall–Kier alpha value is -2.71. The second-order valence-electron chi connectivity index (χ2n) is 5.41. The molecule has 0 aromatic carbocycles. The van der Waals surface area contributed by atoms with E-state index in [9.17, 15) is 9.59 Å². The molecule has 4 aromatic heterocycles.